The zero-order valence-corrected chi connectivity index (χ0v) is 17.2. The molecule has 2 aromatic heterocycles. The quantitative estimate of drug-likeness (QED) is 0.569. The molecule has 1 atom stereocenters. The van der Waals surface area contributed by atoms with Crippen LogP contribution in [0.3, 0.4) is 0 Å². The molecule has 0 radical (unpaired) electrons. The summed E-state index contributed by atoms with van der Waals surface area (Å²) < 4.78 is 30.4. The summed E-state index contributed by atoms with van der Waals surface area (Å²) in [4.78, 5) is 8.74. The van der Waals surface area contributed by atoms with Crippen LogP contribution in [-0.2, 0) is 16.4 Å². The summed E-state index contributed by atoms with van der Waals surface area (Å²) in [6.45, 7) is 1.37. The lowest BCUT2D eigenvalue weighted by Gasteiger charge is -2.20. The average Bonchev–Trinajstić information content (AvgIpc) is 3.42. The molecule has 154 valence electrons. The molecule has 3 aromatic rings. The van der Waals surface area contributed by atoms with E-state index < -0.39 is 9.84 Å². The normalized spacial score (nSPS) is 17.7. The number of sulfone groups is 1. The maximum Gasteiger partial charge on any atom is 0.265 e. The Bertz CT molecular complexity index is 1090. The molecule has 1 saturated heterocycles. The molecule has 29 heavy (non-hydrogen) atoms. The summed E-state index contributed by atoms with van der Waals surface area (Å²) in [6.07, 6.45) is 3.10. The van der Waals surface area contributed by atoms with Crippen molar-refractivity contribution in [2.75, 3.05) is 31.8 Å². The second-order valence-electron chi connectivity index (χ2n) is 7.23. The van der Waals surface area contributed by atoms with Gasteiger partial charge in [0.05, 0.1) is 23.2 Å². The lowest BCUT2D eigenvalue weighted by atomic mass is 10.2. The number of likely N-dealkylation sites (tertiary alicyclic amines) is 1. The largest absolute Gasteiger partial charge is 0.344 e. The molecule has 1 aliphatic rings. The molecule has 0 amide bonds. The second kappa shape index (κ2) is 7.52. The van der Waals surface area contributed by atoms with Crippen molar-refractivity contribution in [3.8, 4) is 5.69 Å². The van der Waals surface area contributed by atoms with Crippen LogP contribution in [-0.4, -0.2) is 70.6 Å². The number of hydrogen-bond acceptors (Lipinski definition) is 10. The van der Waals surface area contributed by atoms with E-state index >= 15 is 0 Å². The highest BCUT2D eigenvalue weighted by molar-refractivity contribution is 7.90. The number of anilines is 1. The highest BCUT2D eigenvalue weighted by Gasteiger charge is 2.32. The van der Waals surface area contributed by atoms with Crippen LogP contribution in [0.5, 0.6) is 0 Å². The minimum atomic E-state index is -3.26. The number of nitrogens with zero attached hydrogens (tertiary/aromatic N) is 8. The van der Waals surface area contributed by atoms with E-state index in [1.54, 1.807) is 33.8 Å². The van der Waals surface area contributed by atoms with E-state index in [9.17, 15) is 8.42 Å². The summed E-state index contributed by atoms with van der Waals surface area (Å²) in [5.74, 6) is 1.78. The average molecular weight is 418 g/mol. The predicted molar refractivity (Wildman–Crippen MR) is 103 cm³/mol. The molecule has 0 saturated carbocycles. The smallest absolute Gasteiger partial charge is 0.265 e. The highest BCUT2D eigenvalue weighted by atomic mass is 32.2. The molecule has 0 N–H and O–H groups in total. The minimum Gasteiger partial charge on any atom is -0.344 e. The zero-order valence-electron chi connectivity index (χ0n) is 16.4. The van der Waals surface area contributed by atoms with Gasteiger partial charge >= 0.3 is 0 Å². The van der Waals surface area contributed by atoms with Crippen molar-refractivity contribution >= 4 is 15.8 Å². The van der Waals surface area contributed by atoms with Gasteiger partial charge in [0, 0.05) is 20.4 Å². The second-order valence-corrected chi connectivity index (χ2v) is 9.24. The van der Waals surface area contributed by atoms with E-state index in [4.69, 9.17) is 4.52 Å². The molecule has 1 fully saturated rings. The van der Waals surface area contributed by atoms with Gasteiger partial charge in [-0.25, -0.2) is 8.42 Å². The fourth-order valence-electron chi connectivity index (χ4n) is 3.36. The third-order valence-electron chi connectivity index (χ3n) is 4.87. The molecule has 1 aromatic carbocycles. The Hall–Kier alpha value is -2.86. The van der Waals surface area contributed by atoms with Crippen LogP contribution < -0.4 is 4.90 Å². The van der Waals surface area contributed by atoms with Crippen LogP contribution in [0.4, 0.5) is 5.95 Å². The molecule has 4 rings (SSSR count). The first kappa shape index (κ1) is 19.5. The van der Waals surface area contributed by atoms with Gasteiger partial charge in [-0.05, 0) is 59.2 Å². The number of aromatic nitrogens is 6. The van der Waals surface area contributed by atoms with Crippen molar-refractivity contribution in [2.24, 2.45) is 0 Å². The zero-order chi connectivity index (χ0) is 20.6. The number of hydrogen-bond donors (Lipinski definition) is 0. The molecule has 1 aliphatic heterocycles. The Morgan fingerprint density at radius 3 is 2.66 bits per heavy atom. The molecule has 1 unspecified atom stereocenters. The van der Waals surface area contributed by atoms with Gasteiger partial charge in [-0.3, -0.25) is 4.90 Å². The van der Waals surface area contributed by atoms with Crippen LogP contribution in [0, 0.1) is 0 Å². The van der Waals surface area contributed by atoms with Crippen molar-refractivity contribution in [1.29, 1.82) is 0 Å². The van der Waals surface area contributed by atoms with Crippen LogP contribution in [0.25, 0.3) is 5.69 Å². The van der Waals surface area contributed by atoms with E-state index in [0.29, 0.717) is 29.9 Å². The van der Waals surface area contributed by atoms with Crippen LogP contribution in [0.2, 0.25) is 0 Å². The molecular weight excluding hydrogens is 396 g/mol. The Kier molecular flexibility index (Phi) is 5.04. The van der Waals surface area contributed by atoms with E-state index in [1.165, 1.54) is 6.26 Å². The van der Waals surface area contributed by atoms with E-state index in [2.05, 4.69) is 30.6 Å². The van der Waals surface area contributed by atoms with Gasteiger partial charge in [0.1, 0.15) is 0 Å². The first-order chi connectivity index (χ1) is 13.8. The summed E-state index contributed by atoms with van der Waals surface area (Å²) in [6, 6.07) is 6.50. The van der Waals surface area contributed by atoms with Crippen molar-refractivity contribution in [3.63, 3.8) is 0 Å². The lowest BCUT2D eigenvalue weighted by molar-refractivity contribution is 0.196. The van der Waals surface area contributed by atoms with Crippen molar-refractivity contribution in [2.45, 2.75) is 30.3 Å². The van der Waals surface area contributed by atoms with Crippen molar-refractivity contribution in [1.82, 2.24) is 35.2 Å². The van der Waals surface area contributed by atoms with Crippen LogP contribution in [0.15, 0.2) is 33.7 Å². The van der Waals surface area contributed by atoms with E-state index in [0.717, 1.165) is 19.4 Å². The van der Waals surface area contributed by atoms with Gasteiger partial charge in [-0.1, -0.05) is 0 Å². The Morgan fingerprint density at radius 2 is 2.00 bits per heavy atom. The molecular formula is C17H22N8O3S. The van der Waals surface area contributed by atoms with Gasteiger partial charge in [0.15, 0.2) is 15.7 Å². The Balaban J connectivity index is 1.55. The predicted octanol–water partition coefficient (Wildman–Crippen LogP) is 0.852. The number of rotatable bonds is 6. The van der Waals surface area contributed by atoms with Crippen molar-refractivity contribution in [3.05, 3.63) is 36.0 Å². The highest BCUT2D eigenvalue weighted by Crippen LogP contribution is 2.32. The van der Waals surface area contributed by atoms with E-state index in [-0.39, 0.29) is 10.9 Å². The first-order valence-electron chi connectivity index (χ1n) is 9.15. The fraction of sp³-hybridized carbons (Fsp3) is 0.471. The SMILES string of the molecule is CN(C)c1noc(C2CCCN2Cc2nnnn2-c2ccc(S(C)(=O)=O)cc2)n1. The number of benzene rings is 1. The van der Waals surface area contributed by atoms with Crippen LogP contribution in [0.1, 0.15) is 30.6 Å². The lowest BCUT2D eigenvalue weighted by Crippen LogP contribution is -2.25. The fourth-order valence-corrected chi connectivity index (χ4v) is 3.99. The summed E-state index contributed by atoms with van der Waals surface area (Å²) in [5.41, 5.74) is 0.695. The molecule has 0 spiro atoms. The van der Waals surface area contributed by atoms with E-state index in [1.807, 2.05) is 14.1 Å². The monoisotopic (exact) mass is 418 g/mol. The number of tetrazole rings is 1. The maximum absolute atomic E-state index is 11.7. The molecule has 3 heterocycles. The van der Waals surface area contributed by atoms with Crippen molar-refractivity contribution < 1.29 is 12.9 Å². The topological polar surface area (TPSA) is 123 Å². The minimum absolute atomic E-state index is 0.00830. The van der Waals surface area contributed by atoms with Gasteiger partial charge < -0.3 is 9.42 Å². The molecule has 11 nitrogen and oxygen atoms in total. The van der Waals surface area contributed by atoms with Gasteiger partial charge in [-0.15, -0.1) is 5.10 Å². The Labute approximate surface area is 168 Å². The first-order valence-corrected chi connectivity index (χ1v) is 11.0. The summed E-state index contributed by atoms with van der Waals surface area (Å²) in [7, 11) is 0.475. The molecule has 0 bridgehead atoms. The van der Waals surface area contributed by atoms with Gasteiger partial charge in [0.25, 0.3) is 5.95 Å². The Morgan fingerprint density at radius 1 is 1.24 bits per heavy atom. The maximum atomic E-state index is 11.7. The standard InChI is InChI=1S/C17H22N8O3S/c1-23(2)17-18-16(28-20-17)14-5-4-10-24(14)11-15-19-21-22-25(15)12-6-8-13(9-7-12)29(3,26)27/h6-9,14H,4-5,10-11H2,1-3H3. The third-order valence-corrected chi connectivity index (χ3v) is 6.00. The van der Waals surface area contributed by atoms with Gasteiger partial charge in [0.2, 0.25) is 5.89 Å². The third kappa shape index (κ3) is 3.98. The summed E-state index contributed by atoms with van der Waals surface area (Å²) in [5, 5.41) is 16.0. The van der Waals surface area contributed by atoms with Gasteiger partial charge in [-0.2, -0.15) is 9.67 Å². The molecule has 12 heteroatoms. The molecule has 0 aliphatic carbocycles. The van der Waals surface area contributed by atoms with Crippen LogP contribution >= 0.6 is 0 Å². The summed E-state index contributed by atoms with van der Waals surface area (Å²) >= 11 is 0.